The molecule has 17 heavy (non-hydrogen) atoms. The van der Waals surface area contributed by atoms with Crippen molar-refractivity contribution in [1.82, 2.24) is 0 Å². The highest BCUT2D eigenvalue weighted by molar-refractivity contribution is 5.65. The maximum Gasteiger partial charge on any atom is 0.302 e. The molecule has 0 spiro atoms. The largest absolute Gasteiger partial charge is 0.463 e. The minimum absolute atomic E-state index is 0.176. The van der Waals surface area contributed by atoms with Gasteiger partial charge >= 0.3 is 5.97 Å². The lowest BCUT2D eigenvalue weighted by atomic mass is 10.1. The third-order valence-corrected chi connectivity index (χ3v) is 2.57. The first-order chi connectivity index (χ1) is 8.15. The van der Waals surface area contributed by atoms with E-state index in [1.807, 2.05) is 31.2 Å². The summed E-state index contributed by atoms with van der Waals surface area (Å²) < 4.78 is 16.0. The molecule has 0 amide bonds. The van der Waals surface area contributed by atoms with Crippen LogP contribution in [-0.2, 0) is 19.0 Å². The van der Waals surface area contributed by atoms with Crippen LogP contribution in [0.1, 0.15) is 24.3 Å². The molecule has 92 valence electrons. The molecule has 1 aromatic rings. The summed E-state index contributed by atoms with van der Waals surface area (Å²) in [7, 11) is 0. The second-order valence-electron chi connectivity index (χ2n) is 4.14. The van der Waals surface area contributed by atoms with Gasteiger partial charge in [-0.1, -0.05) is 29.8 Å². The van der Waals surface area contributed by atoms with Gasteiger partial charge in [0.2, 0.25) is 0 Å². The van der Waals surface area contributed by atoms with E-state index in [1.165, 1.54) is 12.5 Å². The standard InChI is InChI=1S/C13H16O4/c1-9-3-5-11(6-4-9)13-16-8-12(17-13)7-15-10(2)14/h3-6,12-13H,7-8H2,1-2H3/t12-,13+/m0/s1. The summed E-state index contributed by atoms with van der Waals surface area (Å²) in [5, 5.41) is 0. The number of esters is 1. The second-order valence-corrected chi connectivity index (χ2v) is 4.14. The summed E-state index contributed by atoms with van der Waals surface area (Å²) in [6.45, 7) is 4.11. The van der Waals surface area contributed by atoms with Crippen LogP contribution in [0.3, 0.4) is 0 Å². The van der Waals surface area contributed by atoms with E-state index in [1.54, 1.807) is 0 Å². The topological polar surface area (TPSA) is 44.8 Å². The fourth-order valence-electron chi connectivity index (χ4n) is 1.64. The van der Waals surface area contributed by atoms with Gasteiger partial charge in [0, 0.05) is 12.5 Å². The first-order valence-corrected chi connectivity index (χ1v) is 5.62. The van der Waals surface area contributed by atoms with E-state index in [-0.39, 0.29) is 25.0 Å². The molecule has 1 heterocycles. The van der Waals surface area contributed by atoms with E-state index in [0.29, 0.717) is 6.61 Å². The van der Waals surface area contributed by atoms with Gasteiger partial charge in [-0.25, -0.2) is 0 Å². The van der Waals surface area contributed by atoms with Crippen LogP contribution < -0.4 is 0 Å². The number of benzene rings is 1. The Hall–Kier alpha value is -1.39. The van der Waals surface area contributed by atoms with Crippen LogP contribution in [0.15, 0.2) is 24.3 Å². The molecule has 0 bridgehead atoms. The van der Waals surface area contributed by atoms with Gasteiger partial charge in [0.1, 0.15) is 12.7 Å². The predicted octanol–water partition coefficient (Wildman–Crippen LogP) is 1.97. The zero-order chi connectivity index (χ0) is 12.3. The third kappa shape index (κ3) is 3.28. The van der Waals surface area contributed by atoms with Crippen molar-refractivity contribution in [3.63, 3.8) is 0 Å². The number of rotatable bonds is 3. The molecule has 2 atom stereocenters. The molecule has 0 unspecified atom stereocenters. The first kappa shape index (κ1) is 12.1. The lowest BCUT2D eigenvalue weighted by Crippen LogP contribution is -2.19. The Balaban J connectivity index is 1.89. The van der Waals surface area contributed by atoms with Crippen molar-refractivity contribution < 1.29 is 19.0 Å². The maximum absolute atomic E-state index is 10.7. The van der Waals surface area contributed by atoms with Crippen LogP contribution in [0.4, 0.5) is 0 Å². The Bertz CT molecular complexity index is 385. The van der Waals surface area contributed by atoms with Crippen LogP contribution in [0, 0.1) is 6.92 Å². The van der Waals surface area contributed by atoms with Crippen LogP contribution in [0.2, 0.25) is 0 Å². The van der Waals surface area contributed by atoms with Gasteiger partial charge in [0.05, 0.1) is 6.61 Å². The normalized spacial score (nSPS) is 23.6. The maximum atomic E-state index is 10.7. The van der Waals surface area contributed by atoms with Crippen molar-refractivity contribution in [1.29, 1.82) is 0 Å². The van der Waals surface area contributed by atoms with Gasteiger partial charge < -0.3 is 14.2 Å². The van der Waals surface area contributed by atoms with Gasteiger partial charge in [-0.05, 0) is 6.92 Å². The minimum atomic E-state index is -0.351. The second kappa shape index (κ2) is 5.29. The van der Waals surface area contributed by atoms with Crippen LogP contribution in [-0.4, -0.2) is 25.3 Å². The van der Waals surface area contributed by atoms with Gasteiger partial charge in [0.25, 0.3) is 0 Å². The van der Waals surface area contributed by atoms with Crippen molar-refractivity contribution in [2.45, 2.75) is 26.2 Å². The predicted molar refractivity (Wildman–Crippen MR) is 61.4 cm³/mol. The molecule has 0 aliphatic carbocycles. The van der Waals surface area contributed by atoms with E-state index in [9.17, 15) is 4.79 Å². The molecule has 0 saturated carbocycles. The quantitative estimate of drug-likeness (QED) is 0.753. The molecule has 0 radical (unpaired) electrons. The summed E-state index contributed by atoms with van der Waals surface area (Å²) >= 11 is 0. The molecule has 2 rings (SSSR count). The molecule has 1 saturated heterocycles. The monoisotopic (exact) mass is 236 g/mol. The summed E-state index contributed by atoms with van der Waals surface area (Å²) in [6, 6.07) is 7.99. The van der Waals surface area contributed by atoms with Crippen molar-refractivity contribution in [2.75, 3.05) is 13.2 Å². The zero-order valence-corrected chi connectivity index (χ0v) is 10.0. The molecular weight excluding hydrogens is 220 g/mol. The lowest BCUT2D eigenvalue weighted by Gasteiger charge is -2.11. The summed E-state index contributed by atoms with van der Waals surface area (Å²) in [5.74, 6) is -0.299. The number of carbonyl (C=O) groups is 1. The number of aryl methyl sites for hydroxylation is 1. The number of ether oxygens (including phenoxy) is 3. The molecule has 1 fully saturated rings. The van der Waals surface area contributed by atoms with Gasteiger partial charge in [-0.15, -0.1) is 0 Å². The molecule has 1 aromatic carbocycles. The lowest BCUT2D eigenvalue weighted by molar-refractivity contribution is -0.145. The highest BCUT2D eigenvalue weighted by Crippen LogP contribution is 2.27. The summed E-state index contributed by atoms with van der Waals surface area (Å²) in [6.07, 6.45) is -0.527. The molecule has 0 N–H and O–H groups in total. The van der Waals surface area contributed by atoms with Crippen molar-refractivity contribution in [3.05, 3.63) is 35.4 Å². The first-order valence-electron chi connectivity index (χ1n) is 5.62. The fraction of sp³-hybridized carbons (Fsp3) is 0.462. The summed E-state index contributed by atoms with van der Waals surface area (Å²) in [4.78, 5) is 10.7. The Morgan fingerprint density at radius 1 is 1.41 bits per heavy atom. The average molecular weight is 236 g/mol. The third-order valence-electron chi connectivity index (χ3n) is 2.57. The van der Waals surface area contributed by atoms with Crippen LogP contribution >= 0.6 is 0 Å². The Morgan fingerprint density at radius 2 is 2.12 bits per heavy atom. The average Bonchev–Trinajstić information content (AvgIpc) is 2.76. The number of hydrogen-bond acceptors (Lipinski definition) is 4. The van der Waals surface area contributed by atoms with Crippen LogP contribution in [0.5, 0.6) is 0 Å². The molecule has 1 aliphatic heterocycles. The van der Waals surface area contributed by atoms with Crippen molar-refractivity contribution >= 4 is 5.97 Å². The van der Waals surface area contributed by atoms with E-state index in [4.69, 9.17) is 14.2 Å². The summed E-state index contributed by atoms with van der Waals surface area (Å²) in [5.41, 5.74) is 2.18. The Labute approximate surface area is 100 Å². The molecule has 4 heteroatoms. The fourth-order valence-corrected chi connectivity index (χ4v) is 1.64. The van der Waals surface area contributed by atoms with Gasteiger partial charge in [-0.3, -0.25) is 4.79 Å². The SMILES string of the molecule is CC(=O)OC[C@H]1CO[C@@H](c2ccc(C)cc2)O1. The highest BCUT2D eigenvalue weighted by Gasteiger charge is 2.27. The Kier molecular flexibility index (Phi) is 3.76. The van der Waals surface area contributed by atoms with Crippen molar-refractivity contribution in [2.24, 2.45) is 0 Å². The number of hydrogen-bond donors (Lipinski definition) is 0. The molecule has 0 aromatic heterocycles. The van der Waals surface area contributed by atoms with E-state index in [0.717, 1.165) is 5.56 Å². The van der Waals surface area contributed by atoms with Crippen molar-refractivity contribution in [3.8, 4) is 0 Å². The highest BCUT2D eigenvalue weighted by atomic mass is 16.7. The smallest absolute Gasteiger partial charge is 0.302 e. The molecular formula is C13H16O4. The van der Waals surface area contributed by atoms with Gasteiger partial charge in [-0.2, -0.15) is 0 Å². The zero-order valence-electron chi connectivity index (χ0n) is 10.0. The molecule has 4 nitrogen and oxygen atoms in total. The molecule has 1 aliphatic rings. The van der Waals surface area contributed by atoms with Crippen LogP contribution in [0.25, 0.3) is 0 Å². The Morgan fingerprint density at radius 3 is 2.76 bits per heavy atom. The minimum Gasteiger partial charge on any atom is -0.463 e. The van der Waals surface area contributed by atoms with E-state index >= 15 is 0 Å². The number of carbonyl (C=O) groups excluding carboxylic acids is 1. The van der Waals surface area contributed by atoms with Gasteiger partial charge in [0.15, 0.2) is 6.29 Å². The van der Waals surface area contributed by atoms with E-state index < -0.39 is 0 Å². The van der Waals surface area contributed by atoms with E-state index in [2.05, 4.69) is 0 Å².